The summed E-state index contributed by atoms with van der Waals surface area (Å²) in [5.74, 6) is -0.993. The number of carbonyl (C=O) groups excluding carboxylic acids is 2. The van der Waals surface area contributed by atoms with Crippen molar-refractivity contribution in [1.82, 2.24) is 15.2 Å². The molecule has 2 aromatic carbocycles. The van der Waals surface area contributed by atoms with E-state index >= 15 is 0 Å². The fourth-order valence-electron chi connectivity index (χ4n) is 4.02. The SMILES string of the molecule is C=CCNC(=O)c1cn(Cc2ccccc2)cc(C(=O)NC2Cc3ccccc3C2)c1=O. The number of amides is 2. The lowest BCUT2D eigenvalue weighted by Crippen LogP contribution is -2.40. The Hall–Kier alpha value is -3.93. The van der Waals surface area contributed by atoms with Crippen molar-refractivity contribution in [3.63, 3.8) is 0 Å². The molecule has 1 aromatic heterocycles. The van der Waals surface area contributed by atoms with E-state index in [0.29, 0.717) is 6.54 Å². The monoisotopic (exact) mass is 427 g/mol. The van der Waals surface area contributed by atoms with Crippen LogP contribution < -0.4 is 16.1 Å². The van der Waals surface area contributed by atoms with Crippen molar-refractivity contribution in [3.05, 3.63) is 118 Å². The number of nitrogens with one attached hydrogen (secondary N) is 2. The second-order valence-corrected chi connectivity index (χ2v) is 7.92. The van der Waals surface area contributed by atoms with Gasteiger partial charge < -0.3 is 15.2 Å². The van der Waals surface area contributed by atoms with E-state index in [9.17, 15) is 14.4 Å². The minimum Gasteiger partial charge on any atom is -0.348 e. The number of carbonyl (C=O) groups is 2. The first-order valence-corrected chi connectivity index (χ1v) is 10.6. The fourth-order valence-corrected chi connectivity index (χ4v) is 4.02. The zero-order valence-corrected chi connectivity index (χ0v) is 17.7. The molecule has 0 bridgehead atoms. The first kappa shape index (κ1) is 21.3. The number of benzene rings is 2. The molecule has 4 rings (SSSR count). The third kappa shape index (κ3) is 4.70. The van der Waals surface area contributed by atoms with E-state index < -0.39 is 17.2 Å². The molecule has 0 atom stereocenters. The van der Waals surface area contributed by atoms with Crippen molar-refractivity contribution in [3.8, 4) is 0 Å². The smallest absolute Gasteiger partial charge is 0.257 e. The Balaban J connectivity index is 1.62. The lowest BCUT2D eigenvalue weighted by atomic mass is 10.1. The summed E-state index contributed by atoms with van der Waals surface area (Å²) in [5.41, 5.74) is 2.72. The van der Waals surface area contributed by atoms with Crippen LogP contribution in [-0.2, 0) is 19.4 Å². The average molecular weight is 428 g/mol. The number of rotatable bonds is 7. The Labute approximate surface area is 186 Å². The first-order chi connectivity index (χ1) is 15.5. The van der Waals surface area contributed by atoms with E-state index in [2.05, 4.69) is 29.3 Å². The third-order valence-electron chi connectivity index (χ3n) is 5.57. The van der Waals surface area contributed by atoms with Crippen molar-refractivity contribution in [2.24, 2.45) is 0 Å². The van der Waals surface area contributed by atoms with Crippen molar-refractivity contribution in [2.75, 3.05) is 6.54 Å². The molecule has 1 aliphatic rings. The van der Waals surface area contributed by atoms with Crippen LogP contribution in [0.1, 0.15) is 37.4 Å². The van der Waals surface area contributed by atoms with Crippen LogP contribution in [0.2, 0.25) is 0 Å². The maximum absolute atomic E-state index is 13.1. The average Bonchev–Trinajstić information content (AvgIpc) is 3.21. The molecule has 0 fully saturated rings. The van der Waals surface area contributed by atoms with Crippen LogP contribution in [0.25, 0.3) is 0 Å². The topological polar surface area (TPSA) is 80.2 Å². The van der Waals surface area contributed by atoms with Crippen LogP contribution in [0.3, 0.4) is 0 Å². The van der Waals surface area contributed by atoms with Gasteiger partial charge in [0.05, 0.1) is 0 Å². The Kier molecular flexibility index (Phi) is 6.31. The summed E-state index contributed by atoms with van der Waals surface area (Å²) < 4.78 is 1.71. The summed E-state index contributed by atoms with van der Waals surface area (Å²) in [5, 5.41) is 5.61. The number of hydrogen-bond donors (Lipinski definition) is 2. The molecule has 2 N–H and O–H groups in total. The van der Waals surface area contributed by atoms with Crippen molar-refractivity contribution >= 4 is 11.8 Å². The molecule has 3 aromatic rings. The van der Waals surface area contributed by atoms with Gasteiger partial charge in [-0.15, -0.1) is 6.58 Å². The van der Waals surface area contributed by atoms with Crippen LogP contribution in [-0.4, -0.2) is 29.0 Å². The van der Waals surface area contributed by atoms with Gasteiger partial charge in [0.25, 0.3) is 11.8 Å². The minimum atomic E-state index is -0.580. The minimum absolute atomic E-state index is 0.0388. The summed E-state index contributed by atoms with van der Waals surface area (Å²) >= 11 is 0. The van der Waals surface area contributed by atoms with Gasteiger partial charge in [-0.1, -0.05) is 60.7 Å². The Bertz CT molecular complexity index is 1190. The lowest BCUT2D eigenvalue weighted by Gasteiger charge is -2.15. The number of pyridine rings is 1. The van der Waals surface area contributed by atoms with Gasteiger partial charge >= 0.3 is 0 Å². The Morgan fingerprint density at radius 1 is 0.938 bits per heavy atom. The molecule has 6 nitrogen and oxygen atoms in total. The van der Waals surface area contributed by atoms with E-state index in [4.69, 9.17) is 0 Å². The summed E-state index contributed by atoms with van der Waals surface area (Å²) in [6, 6.07) is 17.6. The quantitative estimate of drug-likeness (QED) is 0.569. The highest BCUT2D eigenvalue weighted by Gasteiger charge is 2.25. The van der Waals surface area contributed by atoms with Crippen molar-refractivity contribution < 1.29 is 9.59 Å². The standard InChI is InChI=1S/C26H25N3O3/c1-2-12-27-25(31)22-16-29(15-18-8-4-3-5-9-18)17-23(24(22)30)26(32)28-21-13-19-10-6-7-11-20(19)14-21/h2-11,16-17,21H,1,12-15H2,(H,27,31)(H,28,32). The molecule has 32 heavy (non-hydrogen) atoms. The second kappa shape index (κ2) is 9.47. The maximum Gasteiger partial charge on any atom is 0.257 e. The molecular weight excluding hydrogens is 402 g/mol. The maximum atomic E-state index is 13.1. The van der Waals surface area contributed by atoms with Crippen LogP contribution in [0.5, 0.6) is 0 Å². The molecule has 0 saturated heterocycles. The zero-order chi connectivity index (χ0) is 22.5. The molecule has 6 heteroatoms. The van der Waals surface area contributed by atoms with Crippen molar-refractivity contribution in [1.29, 1.82) is 0 Å². The van der Waals surface area contributed by atoms with Crippen LogP contribution in [0, 0.1) is 0 Å². The molecule has 0 spiro atoms. The number of nitrogens with zero attached hydrogens (tertiary/aromatic N) is 1. The summed E-state index contributed by atoms with van der Waals surface area (Å²) in [7, 11) is 0. The summed E-state index contributed by atoms with van der Waals surface area (Å²) in [6.07, 6.45) is 6.00. The van der Waals surface area contributed by atoms with E-state index in [1.54, 1.807) is 4.57 Å². The molecule has 2 amide bonds. The Morgan fingerprint density at radius 2 is 1.53 bits per heavy atom. The normalized spacial score (nSPS) is 12.8. The molecule has 162 valence electrons. The number of fused-ring (bicyclic) bond motifs is 1. The van der Waals surface area contributed by atoms with Gasteiger partial charge in [0.15, 0.2) is 0 Å². The molecular formula is C26H25N3O3. The van der Waals surface area contributed by atoms with E-state index in [1.807, 2.05) is 42.5 Å². The number of aromatic nitrogens is 1. The van der Waals surface area contributed by atoms with Crippen LogP contribution in [0.4, 0.5) is 0 Å². The van der Waals surface area contributed by atoms with E-state index in [-0.39, 0.29) is 23.7 Å². The van der Waals surface area contributed by atoms with Crippen molar-refractivity contribution in [2.45, 2.75) is 25.4 Å². The fraction of sp³-hybridized carbons (Fsp3) is 0.192. The molecule has 0 aliphatic heterocycles. The van der Waals surface area contributed by atoms with Gasteiger partial charge in [0, 0.05) is 31.5 Å². The van der Waals surface area contributed by atoms with Gasteiger partial charge in [0.2, 0.25) is 5.43 Å². The lowest BCUT2D eigenvalue weighted by molar-refractivity contribution is 0.0936. The molecule has 0 saturated carbocycles. The largest absolute Gasteiger partial charge is 0.348 e. The Morgan fingerprint density at radius 3 is 2.16 bits per heavy atom. The van der Waals surface area contributed by atoms with E-state index in [0.717, 1.165) is 18.4 Å². The van der Waals surface area contributed by atoms with Crippen LogP contribution >= 0.6 is 0 Å². The third-order valence-corrected chi connectivity index (χ3v) is 5.57. The van der Waals surface area contributed by atoms with Crippen LogP contribution in [0.15, 0.2) is 84.4 Å². The molecule has 0 unspecified atom stereocenters. The van der Waals surface area contributed by atoms with Gasteiger partial charge in [-0.2, -0.15) is 0 Å². The van der Waals surface area contributed by atoms with E-state index in [1.165, 1.54) is 29.6 Å². The zero-order valence-electron chi connectivity index (χ0n) is 17.7. The number of hydrogen-bond acceptors (Lipinski definition) is 3. The summed E-state index contributed by atoms with van der Waals surface area (Å²) in [6.45, 7) is 4.24. The highest BCUT2D eigenvalue weighted by molar-refractivity contribution is 5.99. The highest BCUT2D eigenvalue weighted by atomic mass is 16.2. The second-order valence-electron chi connectivity index (χ2n) is 7.92. The van der Waals surface area contributed by atoms with Gasteiger partial charge in [0.1, 0.15) is 11.1 Å². The van der Waals surface area contributed by atoms with Gasteiger partial charge in [-0.3, -0.25) is 14.4 Å². The predicted octanol–water partition coefficient (Wildman–Crippen LogP) is 2.71. The molecule has 1 heterocycles. The van der Waals surface area contributed by atoms with Gasteiger partial charge in [-0.05, 0) is 29.5 Å². The van der Waals surface area contributed by atoms with Gasteiger partial charge in [-0.25, -0.2) is 0 Å². The highest BCUT2D eigenvalue weighted by Crippen LogP contribution is 2.21. The molecule has 0 radical (unpaired) electrons. The first-order valence-electron chi connectivity index (χ1n) is 10.6. The summed E-state index contributed by atoms with van der Waals surface area (Å²) in [4.78, 5) is 38.7. The predicted molar refractivity (Wildman–Crippen MR) is 124 cm³/mol. The molecule has 1 aliphatic carbocycles.